The molecule has 2 N–H and O–H groups in total. The predicted molar refractivity (Wildman–Crippen MR) is 91.6 cm³/mol. The van der Waals surface area contributed by atoms with Crippen LogP contribution in [0.1, 0.15) is 52.0 Å². The van der Waals surface area contributed by atoms with Crippen molar-refractivity contribution in [3.05, 3.63) is 29.8 Å². The molecule has 4 heteroatoms. The molecule has 23 heavy (non-hydrogen) atoms. The average Bonchev–Trinajstić information content (AvgIpc) is 2.53. The normalized spacial score (nSPS) is 21.7. The third-order valence-corrected chi connectivity index (χ3v) is 4.56. The Morgan fingerprint density at radius 1 is 1.17 bits per heavy atom. The molecule has 1 aliphatic rings. The first-order valence-corrected chi connectivity index (χ1v) is 8.52. The van der Waals surface area contributed by atoms with Gasteiger partial charge in [0, 0.05) is 12.6 Å². The second-order valence-electron chi connectivity index (χ2n) is 7.53. The van der Waals surface area contributed by atoms with Crippen LogP contribution < -0.4 is 10.1 Å². The summed E-state index contributed by atoms with van der Waals surface area (Å²) in [5.74, 6) is 1.05. The Hall–Kier alpha value is -1.55. The van der Waals surface area contributed by atoms with Crippen molar-refractivity contribution in [3.8, 4) is 5.75 Å². The van der Waals surface area contributed by atoms with Gasteiger partial charge in [0.25, 0.3) is 5.91 Å². The second-order valence-corrected chi connectivity index (χ2v) is 7.53. The molecule has 1 aromatic rings. The van der Waals surface area contributed by atoms with Crippen LogP contribution in [0.4, 0.5) is 0 Å². The number of ether oxygens (including phenoxy) is 1. The smallest absolute Gasteiger partial charge is 0.258 e. The number of aliphatic hydroxyl groups excluding tert-OH is 1. The molecule has 0 atom stereocenters. The minimum Gasteiger partial charge on any atom is -0.484 e. The fraction of sp³-hybridized carbons (Fsp3) is 0.632. The van der Waals surface area contributed by atoms with Crippen molar-refractivity contribution in [2.75, 3.05) is 13.2 Å². The second kappa shape index (κ2) is 7.82. The monoisotopic (exact) mass is 319 g/mol. The molecule has 0 saturated heterocycles. The van der Waals surface area contributed by atoms with E-state index in [9.17, 15) is 4.79 Å². The lowest BCUT2D eigenvalue weighted by atomic mass is 9.86. The molecule has 0 unspecified atom stereocenters. The lowest BCUT2D eigenvalue weighted by molar-refractivity contribution is -0.124. The summed E-state index contributed by atoms with van der Waals surface area (Å²) in [5, 5.41) is 12.2. The molecule has 128 valence electrons. The number of hydrogen-bond donors (Lipinski definition) is 2. The fourth-order valence-electron chi connectivity index (χ4n) is 2.96. The van der Waals surface area contributed by atoms with Crippen molar-refractivity contribution >= 4 is 5.91 Å². The number of amides is 1. The minimum absolute atomic E-state index is 0.0504. The quantitative estimate of drug-likeness (QED) is 0.877. The minimum atomic E-state index is -0.0719. The van der Waals surface area contributed by atoms with Crippen LogP contribution in [-0.2, 0) is 10.2 Å². The Morgan fingerprint density at radius 3 is 2.30 bits per heavy atom. The molecule has 0 aliphatic heterocycles. The zero-order valence-electron chi connectivity index (χ0n) is 14.5. The average molecular weight is 319 g/mol. The maximum Gasteiger partial charge on any atom is 0.258 e. The van der Waals surface area contributed by atoms with Crippen LogP contribution in [0.2, 0.25) is 0 Å². The van der Waals surface area contributed by atoms with Gasteiger partial charge in [-0.25, -0.2) is 0 Å². The van der Waals surface area contributed by atoms with Gasteiger partial charge in [0.1, 0.15) is 5.75 Å². The maximum absolute atomic E-state index is 12.0. The van der Waals surface area contributed by atoms with Gasteiger partial charge in [-0.15, -0.1) is 0 Å². The summed E-state index contributed by atoms with van der Waals surface area (Å²) in [6.45, 7) is 6.81. The standard InChI is InChI=1S/C19H29NO3/c1-19(2,3)15-6-10-17(11-7-15)23-13-18(22)20-16-8-4-14(12-21)5-9-16/h6-7,10-11,14,16,21H,4-5,8-9,12-13H2,1-3H3,(H,20,22). The molecule has 0 spiro atoms. The Morgan fingerprint density at radius 2 is 1.78 bits per heavy atom. The van der Waals surface area contributed by atoms with E-state index in [2.05, 4.69) is 26.1 Å². The molecule has 1 saturated carbocycles. The molecule has 1 aromatic carbocycles. The summed E-state index contributed by atoms with van der Waals surface area (Å²) in [4.78, 5) is 12.0. The summed E-state index contributed by atoms with van der Waals surface area (Å²) < 4.78 is 5.57. The third kappa shape index (κ3) is 5.54. The topological polar surface area (TPSA) is 58.6 Å². The lowest BCUT2D eigenvalue weighted by Gasteiger charge is -2.27. The van der Waals surface area contributed by atoms with Crippen molar-refractivity contribution in [2.45, 2.75) is 57.9 Å². The zero-order valence-corrected chi connectivity index (χ0v) is 14.5. The van der Waals surface area contributed by atoms with E-state index in [1.165, 1.54) is 5.56 Å². The van der Waals surface area contributed by atoms with Gasteiger partial charge in [0.2, 0.25) is 0 Å². The van der Waals surface area contributed by atoms with Crippen molar-refractivity contribution in [3.63, 3.8) is 0 Å². The maximum atomic E-state index is 12.0. The van der Waals surface area contributed by atoms with Gasteiger partial charge in [-0.05, 0) is 54.7 Å². The molecule has 1 amide bonds. The van der Waals surface area contributed by atoms with Crippen molar-refractivity contribution in [2.24, 2.45) is 5.92 Å². The van der Waals surface area contributed by atoms with Crippen molar-refractivity contribution < 1.29 is 14.6 Å². The lowest BCUT2D eigenvalue weighted by Crippen LogP contribution is -2.40. The number of aliphatic hydroxyl groups is 1. The summed E-state index contributed by atoms with van der Waals surface area (Å²) in [7, 11) is 0. The summed E-state index contributed by atoms with van der Waals surface area (Å²) in [5.41, 5.74) is 1.36. The molecule has 2 rings (SSSR count). The van der Waals surface area contributed by atoms with Crippen LogP contribution in [0.5, 0.6) is 5.75 Å². The molecule has 0 bridgehead atoms. The first kappa shape index (κ1) is 17.8. The zero-order chi connectivity index (χ0) is 16.9. The molecule has 1 fully saturated rings. The van der Waals surface area contributed by atoms with Crippen molar-refractivity contribution in [1.82, 2.24) is 5.32 Å². The number of carbonyl (C=O) groups excluding carboxylic acids is 1. The van der Waals surface area contributed by atoms with E-state index in [0.717, 1.165) is 31.4 Å². The summed E-state index contributed by atoms with van der Waals surface area (Å²) >= 11 is 0. The SMILES string of the molecule is CC(C)(C)c1ccc(OCC(=O)NC2CCC(CO)CC2)cc1. The van der Waals surface area contributed by atoms with Gasteiger partial charge in [-0.3, -0.25) is 4.79 Å². The van der Waals surface area contributed by atoms with Crippen LogP contribution in [0.15, 0.2) is 24.3 Å². The van der Waals surface area contributed by atoms with Crippen LogP contribution in [-0.4, -0.2) is 30.3 Å². The molecular formula is C19H29NO3. The number of rotatable bonds is 5. The van der Waals surface area contributed by atoms with E-state index in [1.54, 1.807) is 0 Å². The number of carbonyl (C=O) groups is 1. The van der Waals surface area contributed by atoms with E-state index < -0.39 is 0 Å². The van der Waals surface area contributed by atoms with Crippen molar-refractivity contribution in [1.29, 1.82) is 0 Å². The Kier molecular flexibility index (Phi) is 6.05. The van der Waals surface area contributed by atoms with Crippen LogP contribution in [0.25, 0.3) is 0 Å². The summed E-state index contributed by atoms with van der Waals surface area (Å²) in [6.07, 6.45) is 3.85. The third-order valence-electron chi connectivity index (χ3n) is 4.56. The molecule has 4 nitrogen and oxygen atoms in total. The van der Waals surface area contributed by atoms with Gasteiger partial charge in [-0.1, -0.05) is 32.9 Å². The molecule has 0 aromatic heterocycles. The van der Waals surface area contributed by atoms with E-state index >= 15 is 0 Å². The molecular weight excluding hydrogens is 290 g/mol. The van der Waals surface area contributed by atoms with E-state index in [1.807, 2.05) is 24.3 Å². The highest BCUT2D eigenvalue weighted by Crippen LogP contribution is 2.25. The van der Waals surface area contributed by atoms with Gasteiger partial charge in [0.05, 0.1) is 0 Å². The Bertz CT molecular complexity index is 496. The van der Waals surface area contributed by atoms with Gasteiger partial charge < -0.3 is 15.2 Å². The van der Waals surface area contributed by atoms with Crippen LogP contribution >= 0.6 is 0 Å². The number of benzene rings is 1. The largest absolute Gasteiger partial charge is 0.484 e. The van der Waals surface area contributed by atoms with Crippen LogP contribution in [0.3, 0.4) is 0 Å². The fourth-order valence-corrected chi connectivity index (χ4v) is 2.96. The van der Waals surface area contributed by atoms with Gasteiger partial charge in [0.15, 0.2) is 6.61 Å². The Balaban J connectivity index is 1.74. The first-order chi connectivity index (χ1) is 10.9. The van der Waals surface area contributed by atoms with Gasteiger partial charge >= 0.3 is 0 Å². The molecule has 0 radical (unpaired) electrons. The van der Waals surface area contributed by atoms with Gasteiger partial charge in [-0.2, -0.15) is 0 Å². The highest BCUT2D eigenvalue weighted by Gasteiger charge is 2.22. The van der Waals surface area contributed by atoms with E-state index in [4.69, 9.17) is 9.84 Å². The van der Waals surface area contributed by atoms with Crippen LogP contribution in [0, 0.1) is 5.92 Å². The Labute approximate surface area is 139 Å². The number of nitrogens with one attached hydrogen (secondary N) is 1. The van der Waals surface area contributed by atoms with E-state index in [-0.39, 0.29) is 30.6 Å². The molecule has 0 heterocycles. The highest BCUT2D eigenvalue weighted by molar-refractivity contribution is 5.77. The highest BCUT2D eigenvalue weighted by atomic mass is 16.5. The number of hydrogen-bond acceptors (Lipinski definition) is 3. The first-order valence-electron chi connectivity index (χ1n) is 8.52. The van der Waals surface area contributed by atoms with E-state index in [0.29, 0.717) is 5.92 Å². The molecule has 1 aliphatic carbocycles. The summed E-state index contributed by atoms with van der Waals surface area (Å²) in [6, 6.07) is 8.14. The predicted octanol–water partition coefficient (Wildman–Crippen LogP) is 3.03.